The van der Waals surface area contributed by atoms with Gasteiger partial charge in [0, 0.05) is 23.2 Å². The number of anilines is 1. The van der Waals surface area contributed by atoms with Gasteiger partial charge in [-0.05, 0) is 38.9 Å². The van der Waals surface area contributed by atoms with E-state index >= 15 is 0 Å². The molecule has 1 N–H and O–H groups in total. The van der Waals surface area contributed by atoms with Crippen LogP contribution in [0.1, 0.15) is 31.5 Å². The molecule has 0 bridgehead atoms. The minimum absolute atomic E-state index is 0.0901. The lowest BCUT2D eigenvalue weighted by Gasteiger charge is -2.29. The van der Waals surface area contributed by atoms with Gasteiger partial charge in [-0.1, -0.05) is 36.8 Å². The molecule has 3 aromatic rings. The number of benzene rings is 1. The third kappa shape index (κ3) is 4.66. The fraction of sp³-hybridized carbons (Fsp3) is 0.455. The number of hydrogen-bond donors (Lipinski definition) is 1. The Kier molecular flexibility index (Phi) is 6.09. The van der Waals surface area contributed by atoms with Crippen molar-refractivity contribution in [1.29, 1.82) is 0 Å². The fourth-order valence-corrected chi connectivity index (χ4v) is 6.28. The molecule has 160 valence electrons. The van der Waals surface area contributed by atoms with E-state index in [4.69, 9.17) is 9.97 Å². The number of fused-ring (bicyclic) bond motifs is 1. The van der Waals surface area contributed by atoms with Gasteiger partial charge in [0.2, 0.25) is 0 Å². The van der Waals surface area contributed by atoms with Gasteiger partial charge in [-0.25, -0.2) is 18.4 Å². The Labute approximate surface area is 182 Å². The van der Waals surface area contributed by atoms with E-state index < -0.39 is 9.84 Å². The summed E-state index contributed by atoms with van der Waals surface area (Å²) in [6.07, 6.45) is 4.58. The molecule has 1 aromatic carbocycles. The second-order valence-electron chi connectivity index (χ2n) is 8.38. The number of rotatable bonds is 6. The summed E-state index contributed by atoms with van der Waals surface area (Å²) >= 11 is 1.63. The quantitative estimate of drug-likeness (QED) is 0.614. The maximum atomic E-state index is 12.1. The molecular formula is C22H28N4O2S2. The smallest absolute Gasteiger partial charge is 0.150 e. The van der Waals surface area contributed by atoms with Crippen LogP contribution in [-0.2, 0) is 16.4 Å². The Morgan fingerprint density at radius 1 is 1.17 bits per heavy atom. The van der Waals surface area contributed by atoms with E-state index in [1.165, 1.54) is 6.26 Å². The molecule has 8 heteroatoms. The number of sulfone groups is 1. The average molecular weight is 445 g/mol. The third-order valence-electron chi connectivity index (χ3n) is 5.59. The van der Waals surface area contributed by atoms with Gasteiger partial charge in [0.05, 0.1) is 17.2 Å². The summed E-state index contributed by atoms with van der Waals surface area (Å²) in [6.45, 7) is 0.653. The van der Waals surface area contributed by atoms with Gasteiger partial charge in [-0.3, -0.25) is 0 Å². The van der Waals surface area contributed by atoms with Crippen molar-refractivity contribution in [3.63, 3.8) is 0 Å². The molecule has 1 aliphatic rings. The standard InChI is InChI=1S/C22H28N4O2S2/c1-26(2)13-19-24-21(23-16-10-7-11-17(12-16)30(3,27)28)20-18(14-29-22(20)25-19)15-8-5-4-6-9-15/h4-6,8-9,14,16-17H,7,10-13H2,1-3H3,(H,23,24,25). The second kappa shape index (κ2) is 8.61. The van der Waals surface area contributed by atoms with E-state index in [9.17, 15) is 8.42 Å². The molecule has 0 amide bonds. The highest BCUT2D eigenvalue weighted by molar-refractivity contribution is 7.91. The second-order valence-corrected chi connectivity index (χ2v) is 11.6. The summed E-state index contributed by atoms with van der Waals surface area (Å²) in [4.78, 5) is 12.7. The van der Waals surface area contributed by atoms with Crippen LogP contribution in [0.25, 0.3) is 21.3 Å². The van der Waals surface area contributed by atoms with Crippen molar-refractivity contribution in [1.82, 2.24) is 14.9 Å². The van der Waals surface area contributed by atoms with Crippen molar-refractivity contribution in [2.24, 2.45) is 0 Å². The Bertz CT molecular complexity index is 1130. The molecular weight excluding hydrogens is 416 g/mol. The van der Waals surface area contributed by atoms with E-state index in [1.54, 1.807) is 11.3 Å². The fourth-order valence-electron chi connectivity index (χ4n) is 4.13. The minimum Gasteiger partial charge on any atom is -0.367 e. The van der Waals surface area contributed by atoms with Crippen molar-refractivity contribution in [3.05, 3.63) is 41.5 Å². The normalized spacial score (nSPS) is 20.0. The van der Waals surface area contributed by atoms with Crippen LogP contribution in [0.3, 0.4) is 0 Å². The van der Waals surface area contributed by atoms with Gasteiger partial charge in [0.15, 0.2) is 0 Å². The largest absolute Gasteiger partial charge is 0.367 e. The molecule has 2 aromatic heterocycles. The molecule has 2 heterocycles. The van der Waals surface area contributed by atoms with Crippen molar-refractivity contribution in [3.8, 4) is 11.1 Å². The van der Waals surface area contributed by atoms with E-state index in [-0.39, 0.29) is 11.3 Å². The van der Waals surface area contributed by atoms with Crippen LogP contribution in [0, 0.1) is 0 Å². The van der Waals surface area contributed by atoms with Crippen molar-refractivity contribution in [2.45, 2.75) is 43.5 Å². The summed E-state index contributed by atoms with van der Waals surface area (Å²) in [5.41, 5.74) is 2.25. The Morgan fingerprint density at radius 3 is 2.63 bits per heavy atom. The third-order valence-corrected chi connectivity index (χ3v) is 8.11. The molecule has 0 radical (unpaired) electrons. The van der Waals surface area contributed by atoms with Crippen LogP contribution in [-0.4, -0.2) is 54.9 Å². The predicted molar refractivity (Wildman–Crippen MR) is 125 cm³/mol. The molecule has 1 aliphatic carbocycles. The zero-order valence-corrected chi connectivity index (χ0v) is 19.3. The van der Waals surface area contributed by atoms with Crippen molar-refractivity contribution < 1.29 is 8.42 Å². The maximum Gasteiger partial charge on any atom is 0.150 e. The summed E-state index contributed by atoms with van der Waals surface area (Å²) in [5, 5.41) is 6.49. The van der Waals surface area contributed by atoms with E-state index in [1.807, 2.05) is 32.3 Å². The molecule has 0 spiro atoms. The van der Waals surface area contributed by atoms with E-state index in [0.29, 0.717) is 13.0 Å². The molecule has 2 atom stereocenters. The molecule has 4 rings (SSSR count). The first kappa shape index (κ1) is 21.2. The zero-order valence-electron chi connectivity index (χ0n) is 17.6. The molecule has 6 nitrogen and oxygen atoms in total. The van der Waals surface area contributed by atoms with Gasteiger partial charge < -0.3 is 10.2 Å². The number of nitrogens with zero attached hydrogens (tertiary/aromatic N) is 3. The van der Waals surface area contributed by atoms with Gasteiger partial charge in [0.25, 0.3) is 0 Å². The summed E-state index contributed by atoms with van der Waals surface area (Å²) < 4.78 is 24.2. The maximum absolute atomic E-state index is 12.1. The van der Waals surface area contributed by atoms with Crippen LogP contribution >= 0.6 is 11.3 Å². The SMILES string of the molecule is CN(C)Cc1nc(NC2CCCC(S(C)(=O)=O)C2)c2c(-c3ccccc3)csc2n1. The van der Waals surface area contributed by atoms with Crippen molar-refractivity contribution >= 4 is 37.2 Å². The minimum atomic E-state index is -3.04. The monoisotopic (exact) mass is 444 g/mol. The summed E-state index contributed by atoms with van der Waals surface area (Å²) in [6, 6.07) is 10.4. The van der Waals surface area contributed by atoms with Gasteiger partial charge >= 0.3 is 0 Å². The van der Waals surface area contributed by atoms with Gasteiger partial charge in [0.1, 0.15) is 26.3 Å². The molecule has 0 aliphatic heterocycles. The van der Waals surface area contributed by atoms with Crippen LogP contribution < -0.4 is 5.32 Å². The molecule has 2 unspecified atom stereocenters. The zero-order chi connectivity index (χ0) is 21.3. The van der Waals surface area contributed by atoms with Crippen LogP contribution in [0.2, 0.25) is 0 Å². The number of nitrogens with one attached hydrogen (secondary N) is 1. The average Bonchev–Trinajstić information content (AvgIpc) is 3.12. The Hall–Kier alpha value is -2.03. The molecule has 1 saturated carbocycles. The lowest BCUT2D eigenvalue weighted by atomic mass is 9.94. The number of hydrogen-bond acceptors (Lipinski definition) is 7. The first-order valence-corrected chi connectivity index (χ1v) is 13.1. The first-order valence-electron chi connectivity index (χ1n) is 10.2. The van der Waals surface area contributed by atoms with Crippen LogP contribution in [0.5, 0.6) is 0 Å². The number of aromatic nitrogens is 2. The van der Waals surface area contributed by atoms with Gasteiger partial charge in [-0.15, -0.1) is 11.3 Å². The lowest BCUT2D eigenvalue weighted by molar-refractivity contribution is 0.391. The highest BCUT2D eigenvalue weighted by atomic mass is 32.2. The summed E-state index contributed by atoms with van der Waals surface area (Å²) in [7, 11) is 0.969. The molecule has 0 saturated heterocycles. The topological polar surface area (TPSA) is 75.2 Å². The number of thiophene rings is 1. The Morgan fingerprint density at radius 2 is 1.93 bits per heavy atom. The molecule has 1 fully saturated rings. The highest BCUT2D eigenvalue weighted by Crippen LogP contribution is 2.38. The first-order chi connectivity index (χ1) is 14.3. The van der Waals surface area contributed by atoms with Crippen molar-refractivity contribution in [2.75, 3.05) is 25.7 Å². The van der Waals surface area contributed by atoms with Crippen LogP contribution in [0.15, 0.2) is 35.7 Å². The highest BCUT2D eigenvalue weighted by Gasteiger charge is 2.29. The van der Waals surface area contributed by atoms with E-state index in [2.05, 4.69) is 27.7 Å². The van der Waals surface area contributed by atoms with Gasteiger partial charge in [-0.2, -0.15) is 0 Å². The molecule has 30 heavy (non-hydrogen) atoms. The lowest BCUT2D eigenvalue weighted by Crippen LogP contribution is -2.34. The van der Waals surface area contributed by atoms with E-state index in [0.717, 1.165) is 52.2 Å². The predicted octanol–water partition coefficient (Wildman–Crippen LogP) is 4.19. The summed E-state index contributed by atoms with van der Waals surface area (Å²) in [5.74, 6) is 1.59. The van der Waals surface area contributed by atoms with Crippen LogP contribution in [0.4, 0.5) is 5.82 Å². The Balaban J connectivity index is 1.75.